The van der Waals surface area contributed by atoms with E-state index in [1.54, 1.807) is 46.9 Å². The minimum Gasteiger partial charge on any atom is -0.481 e. The number of aliphatic carboxylic acids is 1. The topological polar surface area (TPSA) is 366 Å². The summed E-state index contributed by atoms with van der Waals surface area (Å²) in [5, 5.41) is 40.0. The number of carboxylic acid groups (broad SMARTS) is 1. The van der Waals surface area contributed by atoms with Crippen molar-refractivity contribution in [2.75, 3.05) is 13.1 Å². The number of amides is 10. The summed E-state index contributed by atoms with van der Waals surface area (Å²) in [5.74, 6) is -3.41. The number of fused-ring (bicyclic) bond motifs is 8. The first-order chi connectivity index (χ1) is 52.2. The van der Waals surface area contributed by atoms with Gasteiger partial charge in [-0.15, -0.1) is 43.1 Å². The van der Waals surface area contributed by atoms with Gasteiger partial charge in [0, 0.05) is 80.8 Å². The maximum absolute atomic E-state index is 13.4. The van der Waals surface area contributed by atoms with Gasteiger partial charge in [0.05, 0.1) is 52.9 Å². The fourth-order valence-electron chi connectivity index (χ4n) is 14.1. The van der Waals surface area contributed by atoms with Gasteiger partial charge in [0.25, 0.3) is 23.6 Å². The third-order valence-corrected chi connectivity index (χ3v) is 22.8. The standard InChI is InChI=1S/C39H38ClN7O6S.C20H23N3O5.C19H17ClN4O2S/c1-20-21(2)54-39-32(20)34(23-11-13-25(40)14-12-23)42-28(35-45-44-22(3)46(35)39)19-26(48)9-5-4-6-17-41-31(50)18-24-8-7-10-27-33(24)38(53)47(37(27)52)29-15-16-30(49)43-36(29)51;1-2-3-4-10-21-16(25)11-12-6-5-7-13-17(12)20(28)23(19(13)27)14-8-9-15(24)22-18(14)26;1-9-10(2)27-19-16(9)17(12-4-6-13(20)7-5-12)21-14(8-15(25)26)18-23-22-11(3)24(18)19/h7-8,10-14,28-29H,4-6,9,15-19H2,1-3H3,(H,41,50)(H,43,49,51);5-7,14H,2-4,8-11H2,1H3,(H,21,25)(H,22,24,26);4-7,14H,8H2,1-3H3,(H,25,26)/t28-,29?;;14-/m0.0/s1. The van der Waals surface area contributed by atoms with E-state index in [0.717, 1.165) is 95.5 Å². The summed E-state index contributed by atoms with van der Waals surface area (Å²) < 4.78 is 3.97. The van der Waals surface area contributed by atoms with Crippen LogP contribution in [0.1, 0.15) is 221 Å². The minimum absolute atomic E-state index is 0.0164. The highest BCUT2D eigenvalue weighted by Gasteiger charge is 2.48. The van der Waals surface area contributed by atoms with Crippen LogP contribution in [0, 0.1) is 41.5 Å². The molecular weight excluding hydrogens is 1480 g/mol. The molecule has 0 spiro atoms. The second-order valence-electron chi connectivity index (χ2n) is 27.3. The van der Waals surface area contributed by atoms with Crippen molar-refractivity contribution < 1.29 is 62.6 Å². The lowest BCUT2D eigenvalue weighted by molar-refractivity contribution is -0.138. The normalized spacial score (nSPS) is 17.6. The highest BCUT2D eigenvalue weighted by Crippen LogP contribution is 2.43. The number of carboxylic acids is 1. The van der Waals surface area contributed by atoms with E-state index in [-0.39, 0.29) is 91.2 Å². The number of imide groups is 4. The molecule has 2 fully saturated rings. The van der Waals surface area contributed by atoms with Crippen LogP contribution in [0.2, 0.25) is 10.0 Å². The molecule has 0 aliphatic carbocycles. The number of hydrogen-bond acceptors (Lipinski definition) is 20. The van der Waals surface area contributed by atoms with Crippen molar-refractivity contribution in [3.63, 3.8) is 0 Å². The van der Waals surface area contributed by atoms with Gasteiger partial charge in [0.2, 0.25) is 35.4 Å². The van der Waals surface area contributed by atoms with Gasteiger partial charge in [0.1, 0.15) is 51.6 Å². The smallest absolute Gasteiger partial charge is 0.306 e. The molecule has 10 heterocycles. The number of halogens is 2. The average Bonchev–Trinajstić information content (AvgIpc) is 1.62. The van der Waals surface area contributed by atoms with Gasteiger partial charge in [-0.2, -0.15) is 0 Å². The van der Waals surface area contributed by atoms with Crippen LogP contribution in [0.25, 0.3) is 10.0 Å². The Hall–Kier alpha value is -10.9. The molecule has 4 aromatic carbocycles. The number of nitrogens with one attached hydrogen (secondary N) is 4. The van der Waals surface area contributed by atoms with Gasteiger partial charge in [-0.3, -0.25) is 97.1 Å². The lowest BCUT2D eigenvalue weighted by Crippen LogP contribution is -2.54. The maximum Gasteiger partial charge on any atom is 0.306 e. The Morgan fingerprint density at radius 3 is 1.36 bits per heavy atom. The van der Waals surface area contributed by atoms with Gasteiger partial charge in [0.15, 0.2) is 11.6 Å². The van der Waals surface area contributed by atoms with Crippen LogP contribution in [-0.4, -0.2) is 152 Å². The lowest BCUT2D eigenvalue weighted by Gasteiger charge is -2.27. The van der Waals surface area contributed by atoms with Crippen LogP contribution in [-0.2, 0) is 51.2 Å². The summed E-state index contributed by atoms with van der Waals surface area (Å²) in [6.07, 6.45) is 5.40. The molecule has 2 unspecified atom stereocenters. The number of rotatable bonds is 22. The minimum atomic E-state index is -1.08. The van der Waals surface area contributed by atoms with Crippen molar-refractivity contribution in [2.45, 2.75) is 169 Å². The zero-order chi connectivity index (χ0) is 77.8. The highest BCUT2D eigenvalue weighted by molar-refractivity contribution is 7.15. The van der Waals surface area contributed by atoms with E-state index in [0.29, 0.717) is 71.6 Å². The van der Waals surface area contributed by atoms with Crippen LogP contribution in [0.3, 0.4) is 0 Å². The van der Waals surface area contributed by atoms with Crippen LogP contribution < -0.4 is 21.3 Å². The number of Topliss-reactive ketones (excluding diaryl/α,β-unsaturated/α-hetero) is 1. The molecule has 6 aliphatic heterocycles. The number of carbonyl (C=O) groups excluding carboxylic acids is 11. The first-order valence-corrected chi connectivity index (χ1v) is 38.3. The molecule has 31 heteroatoms. The number of carbonyl (C=O) groups is 12. The third kappa shape index (κ3) is 16.3. The number of hydrogen-bond donors (Lipinski definition) is 5. The molecule has 0 saturated carbocycles. The number of unbranched alkanes of at least 4 members (excludes halogenated alkanes) is 4. The fraction of sp³-hybridized carbons (Fsp3) is 0.359. The quantitative estimate of drug-likeness (QED) is 0.0311. The number of aryl methyl sites for hydroxylation is 4. The molecular formula is C78H78Cl2N14O13S2. The number of piperidine rings is 2. The van der Waals surface area contributed by atoms with Crippen LogP contribution in [0.15, 0.2) is 94.9 Å². The Morgan fingerprint density at radius 2 is 0.945 bits per heavy atom. The molecule has 4 atom stereocenters. The van der Waals surface area contributed by atoms with E-state index in [4.69, 9.17) is 33.2 Å². The Kier molecular flexibility index (Phi) is 23.8. The van der Waals surface area contributed by atoms with Crippen LogP contribution in [0.5, 0.6) is 0 Å². The molecule has 27 nitrogen and oxygen atoms in total. The summed E-state index contributed by atoms with van der Waals surface area (Å²) in [6, 6.07) is 21.3. The van der Waals surface area contributed by atoms with Gasteiger partial charge in [-0.05, 0) is 132 Å². The van der Waals surface area contributed by atoms with Crippen molar-refractivity contribution >= 4 is 128 Å². The van der Waals surface area contributed by atoms with Gasteiger partial charge in [-0.25, -0.2) is 0 Å². The number of ketones is 1. The molecule has 0 bridgehead atoms. The predicted molar refractivity (Wildman–Crippen MR) is 406 cm³/mol. The summed E-state index contributed by atoms with van der Waals surface area (Å²) in [4.78, 5) is 164. The number of aliphatic imine (C=N–C) groups is 2. The zero-order valence-corrected chi connectivity index (χ0v) is 63.9. The largest absolute Gasteiger partial charge is 0.481 e. The summed E-state index contributed by atoms with van der Waals surface area (Å²) >= 11 is 15.6. The number of thiophene rings is 2. The van der Waals surface area contributed by atoms with E-state index >= 15 is 0 Å². The number of nitrogens with zero attached hydrogens (tertiary/aromatic N) is 10. The van der Waals surface area contributed by atoms with Crippen molar-refractivity contribution in [2.24, 2.45) is 9.98 Å². The Labute approximate surface area is 644 Å². The van der Waals surface area contributed by atoms with Crippen molar-refractivity contribution in [1.29, 1.82) is 0 Å². The summed E-state index contributed by atoms with van der Waals surface area (Å²) in [6.45, 7) is 15.1. The summed E-state index contributed by atoms with van der Waals surface area (Å²) in [5.41, 5.74) is 9.04. The van der Waals surface area contributed by atoms with E-state index < -0.39 is 77.4 Å². The first kappa shape index (κ1) is 77.7. The van der Waals surface area contributed by atoms with Gasteiger partial charge < -0.3 is 15.7 Å². The monoisotopic (exact) mass is 1550 g/mol. The molecule has 6 aliphatic rings. The zero-order valence-electron chi connectivity index (χ0n) is 60.8. The highest BCUT2D eigenvalue weighted by atomic mass is 35.5. The molecule has 8 aromatic rings. The van der Waals surface area contributed by atoms with E-state index in [9.17, 15) is 62.6 Å². The lowest BCUT2D eigenvalue weighted by atomic mass is 9.99. The predicted octanol–water partition coefficient (Wildman–Crippen LogP) is 10.3. The summed E-state index contributed by atoms with van der Waals surface area (Å²) in [7, 11) is 0. The number of benzene rings is 4. The second kappa shape index (κ2) is 33.3. The SMILES string of the molecule is CCCCCNC(=O)Cc1cccc2c1C(=O)N(C1CCC(=O)NC1=O)C2=O.Cc1sc2c(c1C)C(c1ccc(Cl)cc1)=N[C@@H](CC(=O)CCCCCNC(=O)Cc1cccc3c1C(=O)N(C1CCC(=O)NC1=O)C3=O)c1nnc(C)n1-2.Cc1sc2c(c1C)C(c1ccc(Cl)cc1)=N[C@@H](CC(=O)O)c1nnc(C)n1-2. The Morgan fingerprint density at radius 1 is 0.523 bits per heavy atom. The molecule has 5 N–H and O–H groups in total. The van der Waals surface area contributed by atoms with Crippen LogP contribution in [0.4, 0.5) is 0 Å². The van der Waals surface area contributed by atoms with E-state index in [2.05, 4.69) is 76.3 Å². The van der Waals surface area contributed by atoms with Crippen molar-refractivity contribution in [1.82, 2.24) is 60.6 Å². The molecule has 2 saturated heterocycles. The number of aromatic nitrogens is 6. The van der Waals surface area contributed by atoms with Gasteiger partial charge in [-0.1, -0.05) is 97.9 Å². The molecule has 4 aromatic heterocycles. The molecule has 0 radical (unpaired) electrons. The first-order valence-electron chi connectivity index (χ1n) is 35.9. The molecule has 10 amide bonds. The van der Waals surface area contributed by atoms with E-state index in [1.165, 1.54) is 21.9 Å². The van der Waals surface area contributed by atoms with Gasteiger partial charge >= 0.3 is 5.97 Å². The average molecular weight is 1550 g/mol. The van der Waals surface area contributed by atoms with Crippen molar-refractivity contribution in [3.8, 4) is 10.0 Å². The van der Waals surface area contributed by atoms with Crippen LogP contribution >= 0.6 is 45.9 Å². The van der Waals surface area contributed by atoms with Crippen molar-refractivity contribution in [3.05, 3.63) is 195 Å². The maximum atomic E-state index is 13.4. The second-order valence-corrected chi connectivity index (χ2v) is 30.6. The third-order valence-electron chi connectivity index (χ3n) is 19.9. The molecule has 564 valence electrons. The molecule has 14 rings (SSSR count). The molecule has 109 heavy (non-hydrogen) atoms. The van der Waals surface area contributed by atoms with E-state index in [1.807, 2.05) is 71.5 Å². The fourth-order valence-corrected chi connectivity index (χ4v) is 16.8. The Bertz CT molecular complexity index is 5130. The Balaban J connectivity index is 0.000000169.